The number of aliphatic hydroxyl groups is 1. The molecular formula is C17H27NO2. The molecule has 3 atom stereocenters. The minimum absolute atomic E-state index is 0.272. The van der Waals surface area contributed by atoms with E-state index in [0.717, 1.165) is 37.1 Å². The lowest BCUT2D eigenvalue weighted by Crippen LogP contribution is -2.44. The topological polar surface area (TPSA) is 32.7 Å². The highest BCUT2D eigenvalue weighted by molar-refractivity contribution is 5.33. The van der Waals surface area contributed by atoms with Gasteiger partial charge in [-0.2, -0.15) is 0 Å². The molecular weight excluding hydrogens is 250 g/mol. The van der Waals surface area contributed by atoms with Gasteiger partial charge in [-0.1, -0.05) is 19.1 Å². The van der Waals surface area contributed by atoms with Crippen molar-refractivity contribution in [1.29, 1.82) is 0 Å². The molecule has 20 heavy (non-hydrogen) atoms. The lowest BCUT2D eigenvalue weighted by atomic mass is 9.68. The number of rotatable bonds is 4. The molecule has 0 saturated heterocycles. The van der Waals surface area contributed by atoms with E-state index in [2.05, 4.69) is 25.9 Å². The molecule has 3 heteroatoms. The van der Waals surface area contributed by atoms with Crippen LogP contribution in [-0.2, 0) is 5.60 Å². The van der Waals surface area contributed by atoms with Crippen LogP contribution in [0.2, 0.25) is 0 Å². The predicted octanol–water partition coefficient (Wildman–Crippen LogP) is 2.88. The van der Waals surface area contributed by atoms with E-state index in [-0.39, 0.29) is 5.92 Å². The molecule has 1 aromatic carbocycles. The molecule has 0 heterocycles. The van der Waals surface area contributed by atoms with Gasteiger partial charge >= 0.3 is 0 Å². The SMILES string of the molecule is COc1cccc(C2(O)CCC(C)CC2CN(C)C)c1. The van der Waals surface area contributed by atoms with Crippen molar-refractivity contribution >= 4 is 0 Å². The van der Waals surface area contributed by atoms with Crippen LogP contribution in [-0.4, -0.2) is 37.8 Å². The van der Waals surface area contributed by atoms with Crippen molar-refractivity contribution < 1.29 is 9.84 Å². The molecule has 2 rings (SSSR count). The first-order valence-electron chi connectivity index (χ1n) is 7.47. The van der Waals surface area contributed by atoms with Crippen molar-refractivity contribution in [2.75, 3.05) is 27.7 Å². The maximum Gasteiger partial charge on any atom is 0.119 e. The molecule has 0 amide bonds. The zero-order valence-corrected chi connectivity index (χ0v) is 13.1. The van der Waals surface area contributed by atoms with Gasteiger partial charge in [-0.15, -0.1) is 0 Å². The van der Waals surface area contributed by atoms with Crippen molar-refractivity contribution in [3.63, 3.8) is 0 Å². The van der Waals surface area contributed by atoms with Gasteiger partial charge in [-0.25, -0.2) is 0 Å². The summed E-state index contributed by atoms with van der Waals surface area (Å²) in [5.74, 6) is 1.78. The minimum atomic E-state index is -0.731. The molecule has 1 fully saturated rings. The summed E-state index contributed by atoms with van der Waals surface area (Å²) in [4.78, 5) is 2.17. The molecule has 0 radical (unpaired) electrons. The molecule has 1 aliphatic carbocycles. The van der Waals surface area contributed by atoms with Crippen LogP contribution in [0.25, 0.3) is 0 Å². The third-order valence-corrected chi connectivity index (χ3v) is 4.54. The van der Waals surface area contributed by atoms with E-state index in [9.17, 15) is 5.11 Å². The molecule has 1 aliphatic rings. The van der Waals surface area contributed by atoms with Gasteiger partial charge in [0.1, 0.15) is 5.75 Å². The van der Waals surface area contributed by atoms with E-state index in [0.29, 0.717) is 5.92 Å². The zero-order chi connectivity index (χ0) is 14.8. The fraction of sp³-hybridized carbons (Fsp3) is 0.647. The Labute approximate surface area is 122 Å². The standard InChI is InChI=1S/C17H27NO2/c1-13-8-9-17(19,15(10-13)12-18(2)3)14-6-5-7-16(11-14)20-4/h5-7,11,13,15,19H,8-10,12H2,1-4H3. The van der Waals surface area contributed by atoms with Crippen molar-refractivity contribution in [1.82, 2.24) is 4.90 Å². The highest BCUT2D eigenvalue weighted by Gasteiger charge is 2.42. The van der Waals surface area contributed by atoms with Crippen LogP contribution in [0.4, 0.5) is 0 Å². The molecule has 1 N–H and O–H groups in total. The van der Waals surface area contributed by atoms with Crippen LogP contribution >= 0.6 is 0 Å². The van der Waals surface area contributed by atoms with Gasteiger partial charge in [0.15, 0.2) is 0 Å². The summed E-state index contributed by atoms with van der Waals surface area (Å²) >= 11 is 0. The summed E-state index contributed by atoms with van der Waals surface area (Å²) in [5.41, 5.74) is 0.265. The summed E-state index contributed by atoms with van der Waals surface area (Å²) in [6, 6.07) is 7.91. The second kappa shape index (κ2) is 6.15. The van der Waals surface area contributed by atoms with Crippen molar-refractivity contribution in [3.05, 3.63) is 29.8 Å². The molecule has 0 spiro atoms. The average Bonchev–Trinajstić information content (AvgIpc) is 2.42. The normalized spacial score (nSPS) is 30.5. The molecule has 3 nitrogen and oxygen atoms in total. The number of methoxy groups -OCH3 is 1. The van der Waals surface area contributed by atoms with Crippen LogP contribution in [0, 0.1) is 11.8 Å². The van der Waals surface area contributed by atoms with Gasteiger partial charge in [0.25, 0.3) is 0 Å². The summed E-state index contributed by atoms with van der Waals surface area (Å²) in [7, 11) is 5.82. The Balaban J connectivity index is 2.32. The first kappa shape index (κ1) is 15.3. The third-order valence-electron chi connectivity index (χ3n) is 4.54. The highest BCUT2D eigenvalue weighted by Crippen LogP contribution is 2.44. The van der Waals surface area contributed by atoms with Crippen LogP contribution in [0.1, 0.15) is 31.7 Å². The first-order valence-corrected chi connectivity index (χ1v) is 7.47. The Morgan fingerprint density at radius 2 is 2.15 bits per heavy atom. The molecule has 0 aromatic heterocycles. The van der Waals surface area contributed by atoms with Crippen molar-refractivity contribution in [2.45, 2.75) is 31.8 Å². The van der Waals surface area contributed by atoms with E-state index in [1.54, 1.807) is 7.11 Å². The quantitative estimate of drug-likeness (QED) is 0.918. The number of hydrogen-bond acceptors (Lipinski definition) is 3. The molecule has 3 unspecified atom stereocenters. The minimum Gasteiger partial charge on any atom is -0.497 e. The molecule has 0 bridgehead atoms. The molecule has 112 valence electrons. The van der Waals surface area contributed by atoms with Crippen LogP contribution < -0.4 is 4.74 Å². The third kappa shape index (κ3) is 3.15. The van der Waals surface area contributed by atoms with Crippen molar-refractivity contribution in [3.8, 4) is 5.75 Å². The lowest BCUT2D eigenvalue weighted by Gasteiger charge is -2.44. The predicted molar refractivity (Wildman–Crippen MR) is 81.9 cm³/mol. The Hall–Kier alpha value is -1.06. The maximum atomic E-state index is 11.3. The van der Waals surface area contributed by atoms with E-state index < -0.39 is 5.60 Å². The summed E-state index contributed by atoms with van der Waals surface area (Å²) in [5, 5.41) is 11.3. The highest BCUT2D eigenvalue weighted by atomic mass is 16.5. The Morgan fingerprint density at radius 1 is 1.40 bits per heavy atom. The lowest BCUT2D eigenvalue weighted by molar-refractivity contribution is -0.0733. The van der Waals surface area contributed by atoms with E-state index >= 15 is 0 Å². The van der Waals surface area contributed by atoms with Crippen LogP contribution in [0.3, 0.4) is 0 Å². The fourth-order valence-electron chi connectivity index (χ4n) is 3.41. The molecule has 1 saturated carbocycles. The Kier molecular flexibility index (Phi) is 4.71. The number of benzene rings is 1. The second-order valence-corrected chi connectivity index (χ2v) is 6.49. The smallest absolute Gasteiger partial charge is 0.119 e. The van der Waals surface area contributed by atoms with Crippen molar-refractivity contribution in [2.24, 2.45) is 11.8 Å². The van der Waals surface area contributed by atoms with E-state index in [1.807, 2.05) is 24.3 Å². The van der Waals surface area contributed by atoms with E-state index in [4.69, 9.17) is 4.74 Å². The Morgan fingerprint density at radius 3 is 2.80 bits per heavy atom. The number of ether oxygens (including phenoxy) is 1. The monoisotopic (exact) mass is 277 g/mol. The molecule has 1 aromatic rings. The summed E-state index contributed by atoms with van der Waals surface area (Å²) in [6.45, 7) is 3.20. The largest absolute Gasteiger partial charge is 0.497 e. The Bertz CT molecular complexity index is 444. The van der Waals surface area contributed by atoms with Gasteiger partial charge in [0.05, 0.1) is 12.7 Å². The van der Waals surface area contributed by atoms with Gasteiger partial charge in [0.2, 0.25) is 0 Å². The zero-order valence-electron chi connectivity index (χ0n) is 13.1. The van der Waals surface area contributed by atoms with Gasteiger partial charge < -0.3 is 14.7 Å². The van der Waals surface area contributed by atoms with Gasteiger partial charge in [0, 0.05) is 12.5 Å². The van der Waals surface area contributed by atoms with Crippen LogP contribution in [0.5, 0.6) is 5.75 Å². The van der Waals surface area contributed by atoms with Crippen LogP contribution in [0.15, 0.2) is 24.3 Å². The molecule has 0 aliphatic heterocycles. The van der Waals surface area contributed by atoms with E-state index in [1.165, 1.54) is 0 Å². The number of hydrogen-bond donors (Lipinski definition) is 1. The summed E-state index contributed by atoms with van der Waals surface area (Å²) in [6.07, 6.45) is 2.99. The first-order chi connectivity index (χ1) is 9.45. The maximum absolute atomic E-state index is 11.3. The fourth-order valence-corrected chi connectivity index (χ4v) is 3.41. The average molecular weight is 277 g/mol. The second-order valence-electron chi connectivity index (χ2n) is 6.49. The van der Waals surface area contributed by atoms with Gasteiger partial charge in [-0.05, 0) is 57.0 Å². The number of nitrogens with zero attached hydrogens (tertiary/aromatic N) is 1. The van der Waals surface area contributed by atoms with Gasteiger partial charge in [-0.3, -0.25) is 0 Å². The summed E-state index contributed by atoms with van der Waals surface area (Å²) < 4.78 is 5.31.